The van der Waals surface area contributed by atoms with E-state index in [1.165, 1.54) is 18.4 Å². The van der Waals surface area contributed by atoms with Crippen molar-refractivity contribution in [1.82, 2.24) is 5.32 Å². The first-order chi connectivity index (χ1) is 8.06. The lowest BCUT2D eigenvalue weighted by molar-refractivity contribution is 0.470. The summed E-state index contributed by atoms with van der Waals surface area (Å²) in [7, 11) is 2.01. The number of aryl methyl sites for hydroxylation is 1. The lowest BCUT2D eigenvalue weighted by atomic mass is 9.97. The molecule has 1 aromatic carbocycles. The van der Waals surface area contributed by atoms with Crippen LogP contribution in [0.4, 0.5) is 0 Å². The van der Waals surface area contributed by atoms with Crippen LogP contribution in [0.25, 0.3) is 0 Å². The normalized spacial score (nSPS) is 13.1. The largest absolute Gasteiger partial charge is 0.313 e. The van der Waals surface area contributed by atoms with Gasteiger partial charge in [-0.25, -0.2) is 0 Å². The van der Waals surface area contributed by atoms with Gasteiger partial charge in [0.05, 0.1) is 0 Å². The third-order valence-corrected chi connectivity index (χ3v) is 3.74. The third kappa shape index (κ3) is 4.33. The minimum atomic E-state index is 0.376. The number of benzene rings is 1. The standard InChI is InChI=1S/C15H24ClN/c1-11(2)7-5-10-14(17-4)13-9-6-8-12(3)15(13)16/h6,8-9,11,14,17H,5,7,10H2,1-4H3. The second kappa shape index (κ2) is 7.03. The van der Waals surface area contributed by atoms with E-state index in [-0.39, 0.29) is 0 Å². The van der Waals surface area contributed by atoms with E-state index in [0.29, 0.717) is 6.04 Å². The molecule has 1 aromatic rings. The smallest absolute Gasteiger partial charge is 0.0482 e. The van der Waals surface area contributed by atoms with E-state index in [0.717, 1.165) is 22.9 Å². The predicted molar refractivity (Wildman–Crippen MR) is 76.7 cm³/mol. The molecule has 1 rings (SSSR count). The maximum absolute atomic E-state index is 6.37. The molecule has 17 heavy (non-hydrogen) atoms. The Morgan fingerprint density at radius 2 is 1.94 bits per heavy atom. The average Bonchev–Trinajstić information content (AvgIpc) is 2.28. The minimum Gasteiger partial charge on any atom is -0.313 e. The molecule has 96 valence electrons. The monoisotopic (exact) mass is 253 g/mol. The van der Waals surface area contributed by atoms with Crippen LogP contribution in [0.5, 0.6) is 0 Å². The maximum Gasteiger partial charge on any atom is 0.0482 e. The van der Waals surface area contributed by atoms with Crippen LogP contribution >= 0.6 is 11.6 Å². The highest BCUT2D eigenvalue weighted by atomic mass is 35.5. The molecule has 0 bridgehead atoms. The van der Waals surface area contributed by atoms with Gasteiger partial charge in [-0.15, -0.1) is 0 Å². The van der Waals surface area contributed by atoms with Crippen LogP contribution in [-0.2, 0) is 0 Å². The Morgan fingerprint density at radius 1 is 1.24 bits per heavy atom. The van der Waals surface area contributed by atoms with Crippen LogP contribution in [0.3, 0.4) is 0 Å². The Balaban J connectivity index is 2.69. The molecule has 0 aromatic heterocycles. The number of hydrogen-bond donors (Lipinski definition) is 1. The summed E-state index contributed by atoms with van der Waals surface area (Å²) >= 11 is 6.37. The second-order valence-electron chi connectivity index (χ2n) is 5.14. The molecule has 1 unspecified atom stereocenters. The molecule has 0 fully saturated rings. The summed E-state index contributed by atoms with van der Waals surface area (Å²) < 4.78 is 0. The highest BCUT2D eigenvalue weighted by Crippen LogP contribution is 2.29. The lowest BCUT2D eigenvalue weighted by Crippen LogP contribution is -2.17. The van der Waals surface area contributed by atoms with Crippen LogP contribution < -0.4 is 5.32 Å². The Bertz CT molecular complexity index is 347. The fourth-order valence-electron chi connectivity index (χ4n) is 2.12. The van der Waals surface area contributed by atoms with Crippen molar-refractivity contribution < 1.29 is 0 Å². The Kier molecular flexibility index (Phi) is 6.01. The molecular formula is C15H24ClN. The SMILES string of the molecule is CNC(CCCC(C)C)c1cccc(C)c1Cl. The van der Waals surface area contributed by atoms with Gasteiger partial charge in [-0.2, -0.15) is 0 Å². The van der Waals surface area contributed by atoms with Gasteiger partial charge >= 0.3 is 0 Å². The topological polar surface area (TPSA) is 12.0 Å². The minimum absolute atomic E-state index is 0.376. The van der Waals surface area contributed by atoms with Crippen molar-refractivity contribution in [3.05, 3.63) is 34.3 Å². The van der Waals surface area contributed by atoms with Crippen LogP contribution in [0.2, 0.25) is 5.02 Å². The summed E-state index contributed by atoms with van der Waals surface area (Å²) in [5.74, 6) is 0.778. The van der Waals surface area contributed by atoms with Crippen LogP contribution in [0, 0.1) is 12.8 Å². The van der Waals surface area contributed by atoms with Gasteiger partial charge in [0, 0.05) is 11.1 Å². The van der Waals surface area contributed by atoms with Crippen LogP contribution in [-0.4, -0.2) is 7.05 Å². The molecular weight excluding hydrogens is 230 g/mol. The molecule has 2 heteroatoms. The molecule has 0 amide bonds. The third-order valence-electron chi connectivity index (χ3n) is 3.22. The van der Waals surface area contributed by atoms with Gasteiger partial charge in [-0.1, -0.05) is 56.5 Å². The van der Waals surface area contributed by atoms with Crippen LogP contribution in [0.1, 0.15) is 50.3 Å². The lowest BCUT2D eigenvalue weighted by Gasteiger charge is -2.19. The Labute approximate surface area is 111 Å². The molecule has 0 saturated heterocycles. The zero-order valence-electron chi connectivity index (χ0n) is 11.4. The molecule has 0 aliphatic carbocycles. The molecule has 0 saturated carbocycles. The molecule has 0 radical (unpaired) electrons. The molecule has 1 atom stereocenters. The first-order valence-electron chi connectivity index (χ1n) is 6.48. The highest BCUT2D eigenvalue weighted by molar-refractivity contribution is 6.32. The van der Waals surface area contributed by atoms with E-state index in [1.807, 2.05) is 7.05 Å². The molecule has 1 N–H and O–H groups in total. The quantitative estimate of drug-likeness (QED) is 0.773. The Morgan fingerprint density at radius 3 is 2.53 bits per heavy atom. The summed E-state index contributed by atoms with van der Waals surface area (Å²) in [6, 6.07) is 6.66. The van der Waals surface area contributed by atoms with E-state index in [1.54, 1.807) is 0 Å². The summed E-state index contributed by atoms with van der Waals surface area (Å²) in [6.45, 7) is 6.61. The van der Waals surface area contributed by atoms with Gasteiger partial charge in [0.1, 0.15) is 0 Å². The highest BCUT2D eigenvalue weighted by Gasteiger charge is 2.13. The van der Waals surface area contributed by atoms with Crippen molar-refractivity contribution in [3.63, 3.8) is 0 Å². The average molecular weight is 254 g/mol. The predicted octanol–water partition coefficient (Wildman–Crippen LogP) is 4.74. The molecule has 0 heterocycles. The van der Waals surface area contributed by atoms with Gasteiger partial charge in [0.15, 0.2) is 0 Å². The maximum atomic E-state index is 6.37. The fraction of sp³-hybridized carbons (Fsp3) is 0.600. The first-order valence-corrected chi connectivity index (χ1v) is 6.86. The van der Waals surface area contributed by atoms with E-state index in [4.69, 9.17) is 11.6 Å². The number of nitrogens with one attached hydrogen (secondary N) is 1. The summed E-state index contributed by atoms with van der Waals surface area (Å²) in [4.78, 5) is 0. The van der Waals surface area contributed by atoms with Gasteiger partial charge in [-0.3, -0.25) is 0 Å². The Hall–Kier alpha value is -0.530. The zero-order valence-corrected chi connectivity index (χ0v) is 12.1. The number of halogens is 1. The van der Waals surface area contributed by atoms with Crippen molar-refractivity contribution in [2.45, 2.75) is 46.1 Å². The van der Waals surface area contributed by atoms with Crippen molar-refractivity contribution in [2.24, 2.45) is 5.92 Å². The van der Waals surface area contributed by atoms with Crippen molar-refractivity contribution >= 4 is 11.6 Å². The fourth-order valence-corrected chi connectivity index (χ4v) is 2.38. The van der Waals surface area contributed by atoms with Gasteiger partial charge in [0.25, 0.3) is 0 Å². The summed E-state index contributed by atoms with van der Waals surface area (Å²) in [5, 5.41) is 4.29. The van der Waals surface area contributed by atoms with Crippen molar-refractivity contribution in [3.8, 4) is 0 Å². The number of hydrogen-bond acceptors (Lipinski definition) is 1. The number of rotatable bonds is 6. The molecule has 0 spiro atoms. The van der Waals surface area contributed by atoms with Crippen LogP contribution in [0.15, 0.2) is 18.2 Å². The van der Waals surface area contributed by atoms with E-state index < -0.39 is 0 Å². The summed E-state index contributed by atoms with van der Waals surface area (Å²) in [6.07, 6.45) is 3.67. The molecule has 0 aliphatic heterocycles. The van der Waals surface area contributed by atoms with E-state index in [2.05, 4.69) is 44.3 Å². The summed E-state index contributed by atoms with van der Waals surface area (Å²) in [5.41, 5.74) is 2.39. The zero-order chi connectivity index (χ0) is 12.8. The first kappa shape index (κ1) is 14.5. The van der Waals surface area contributed by atoms with Crippen molar-refractivity contribution in [1.29, 1.82) is 0 Å². The second-order valence-corrected chi connectivity index (χ2v) is 5.52. The van der Waals surface area contributed by atoms with Gasteiger partial charge in [-0.05, 0) is 37.4 Å². The van der Waals surface area contributed by atoms with Gasteiger partial charge in [0.2, 0.25) is 0 Å². The van der Waals surface area contributed by atoms with Crippen molar-refractivity contribution in [2.75, 3.05) is 7.05 Å². The molecule has 0 aliphatic rings. The van der Waals surface area contributed by atoms with Gasteiger partial charge < -0.3 is 5.32 Å². The molecule has 1 nitrogen and oxygen atoms in total. The van der Waals surface area contributed by atoms with E-state index in [9.17, 15) is 0 Å². The van der Waals surface area contributed by atoms with E-state index >= 15 is 0 Å².